The molecule has 2 atom stereocenters. The summed E-state index contributed by atoms with van der Waals surface area (Å²) in [5, 5.41) is 9.22. The Bertz CT molecular complexity index is 387. The fourth-order valence-corrected chi connectivity index (χ4v) is 2.58. The van der Waals surface area contributed by atoms with E-state index in [-0.39, 0.29) is 19.0 Å². The number of carboxylic acid groups (broad SMARTS) is 1. The lowest BCUT2D eigenvalue weighted by Gasteiger charge is -2.39. The third-order valence-electron chi connectivity index (χ3n) is 3.84. The lowest BCUT2D eigenvalue weighted by molar-refractivity contribution is -0.146. The predicted octanol–water partition coefficient (Wildman–Crippen LogP) is 2.57. The molecule has 2 unspecified atom stereocenters. The number of alkyl halides is 3. The Kier molecular flexibility index (Phi) is 5.86. The van der Waals surface area contributed by atoms with Crippen LogP contribution in [0.25, 0.3) is 0 Å². The summed E-state index contributed by atoms with van der Waals surface area (Å²) in [6.45, 7) is 2.09. The Balaban J connectivity index is 2.84. The van der Waals surface area contributed by atoms with Gasteiger partial charge in [-0.3, -0.25) is 0 Å². The smallest absolute Gasteiger partial charge is 0.406 e. The van der Waals surface area contributed by atoms with Gasteiger partial charge in [-0.2, -0.15) is 13.2 Å². The molecule has 8 heteroatoms. The maximum atomic E-state index is 12.5. The highest BCUT2D eigenvalue weighted by atomic mass is 19.4. The zero-order chi connectivity index (χ0) is 16.2. The molecule has 0 aromatic heterocycles. The molecule has 1 aliphatic rings. The molecule has 1 heterocycles. The number of hydrogen-bond acceptors (Lipinski definition) is 2. The van der Waals surface area contributed by atoms with Gasteiger partial charge in [0.25, 0.3) is 0 Å². The fourth-order valence-electron chi connectivity index (χ4n) is 2.58. The monoisotopic (exact) mass is 310 g/mol. The zero-order valence-corrected chi connectivity index (χ0v) is 12.2. The molecule has 2 amide bonds. The van der Waals surface area contributed by atoms with Crippen molar-refractivity contribution in [2.75, 3.05) is 19.6 Å². The van der Waals surface area contributed by atoms with Gasteiger partial charge >= 0.3 is 18.2 Å². The minimum absolute atomic E-state index is 0.113. The van der Waals surface area contributed by atoms with Gasteiger partial charge in [-0.25, -0.2) is 9.59 Å². The van der Waals surface area contributed by atoms with Gasteiger partial charge in [-0.15, -0.1) is 0 Å². The van der Waals surface area contributed by atoms with Gasteiger partial charge in [0.15, 0.2) is 0 Å². The molecule has 0 spiro atoms. The van der Waals surface area contributed by atoms with Crippen molar-refractivity contribution < 1.29 is 27.9 Å². The van der Waals surface area contributed by atoms with Gasteiger partial charge < -0.3 is 14.9 Å². The minimum Gasteiger partial charge on any atom is -0.480 e. The second-order valence-electron chi connectivity index (χ2n) is 5.26. The van der Waals surface area contributed by atoms with E-state index < -0.39 is 30.8 Å². The lowest BCUT2D eigenvalue weighted by atomic mass is 9.89. The second kappa shape index (κ2) is 7.00. The van der Waals surface area contributed by atoms with Crippen LogP contribution in [0.15, 0.2) is 0 Å². The summed E-state index contributed by atoms with van der Waals surface area (Å²) >= 11 is 0. The highest BCUT2D eigenvalue weighted by Gasteiger charge is 2.40. The summed E-state index contributed by atoms with van der Waals surface area (Å²) < 4.78 is 37.4. The molecule has 0 saturated carbocycles. The molecule has 0 bridgehead atoms. The Morgan fingerprint density at radius 2 is 1.95 bits per heavy atom. The molecule has 1 saturated heterocycles. The van der Waals surface area contributed by atoms with Gasteiger partial charge in [0, 0.05) is 13.1 Å². The van der Waals surface area contributed by atoms with Gasteiger partial charge in [-0.05, 0) is 25.7 Å². The summed E-state index contributed by atoms with van der Waals surface area (Å²) in [7, 11) is 0. The average molecular weight is 310 g/mol. The van der Waals surface area contributed by atoms with E-state index >= 15 is 0 Å². The minimum atomic E-state index is -4.49. The Morgan fingerprint density at radius 1 is 1.33 bits per heavy atom. The Labute approximate surface area is 121 Å². The number of urea groups is 1. The largest absolute Gasteiger partial charge is 0.480 e. The first-order valence-corrected chi connectivity index (χ1v) is 7.04. The fraction of sp³-hybridized carbons (Fsp3) is 0.846. The molecule has 0 aromatic carbocycles. The topological polar surface area (TPSA) is 60.9 Å². The molecule has 0 radical (unpaired) electrons. The molecule has 0 aliphatic carbocycles. The van der Waals surface area contributed by atoms with Crippen molar-refractivity contribution in [3.63, 3.8) is 0 Å². The summed E-state index contributed by atoms with van der Waals surface area (Å²) in [5.74, 6) is -0.975. The number of rotatable bonds is 4. The van der Waals surface area contributed by atoms with Gasteiger partial charge in [0.05, 0.1) is 0 Å². The van der Waals surface area contributed by atoms with E-state index in [0.29, 0.717) is 17.7 Å². The van der Waals surface area contributed by atoms with Crippen LogP contribution >= 0.6 is 0 Å². The second-order valence-corrected chi connectivity index (χ2v) is 5.26. The predicted molar refractivity (Wildman–Crippen MR) is 69.8 cm³/mol. The third kappa shape index (κ3) is 4.78. The van der Waals surface area contributed by atoms with Crippen molar-refractivity contribution in [1.82, 2.24) is 9.80 Å². The van der Waals surface area contributed by atoms with Crippen LogP contribution in [-0.2, 0) is 4.79 Å². The molecular formula is C13H21F3N2O3. The summed E-state index contributed by atoms with van der Waals surface area (Å²) in [6.07, 6.45) is -2.78. The van der Waals surface area contributed by atoms with Crippen molar-refractivity contribution in [2.45, 2.75) is 45.3 Å². The van der Waals surface area contributed by atoms with E-state index in [0.717, 1.165) is 11.3 Å². The highest BCUT2D eigenvalue weighted by Crippen LogP contribution is 2.27. The SMILES string of the molecule is CCC1CCN(C(=O)N(CC)CC(F)(F)F)C(C(=O)O)C1. The van der Waals surface area contributed by atoms with Crippen LogP contribution in [0.2, 0.25) is 0 Å². The number of carbonyl (C=O) groups is 2. The number of aliphatic carboxylic acids is 1. The number of carbonyl (C=O) groups excluding carboxylic acids is 1. The normalized spacial score (nSPS) is 23.0. The number of likely N-dealkylation sites (tertiary alicyclic amines) is 1. The molecule has 5 nitrogen and oxygen atoms in total. The van der Waals surface area contributed by atoms with Gasteiger partial charge in [-0.1, -0.05) is 13.3 Å². The number of hydrogen-bond donors (Lipinski definition) is 1. The summed E-state index contributed by atoms with van der Waals surface area (Å²) in [5.41, 5.74) is 0. The summed E-state index contributed by atoms with van der Waals surface area (Å²) in [6, 6.07) is -1.89. The molecule has 0 aromatic rings. The standard InChI is InChI=1S/C13H21F3N2O3/c1-3-9-5-6-18(10(7-9)11(19)20)12(21)17(4-2)8-13(14,15)16/h9-10H,3-8H2,1-2H3,(H,19,20). The molecule has 21 heavy (non-hydrogen) atoms. The highest BCUT2D eigenvalue weighted by molar-refractivity contribution is 5.83. The van der Waals surface area contributed by atoms with Crippen LogP contribution in [0, 0.1) is 5.92 Å². The Hall–Kier alpha value is -1.47. The Morgan fingerprint density at radius 3 is 2.38 bits per heavy atom. The van der Waals surface area contributed by atoms with E-state index in [4.69, 9.17) is 0 Å². The average Bonchev–Trinajstić information content (AvgIpc) is 2.42. The quantitative estimate of drug-likeness (QED) is 0.868. The number of nitrogens with zero attached hydrogens (tertiary/aromatic N) is 2. The van der Waals surface area contributed by atoms with Crippen LogP contribution in [0.3, 0.4) is 0 Å². The van der Waals surface area contributed by atoms with Crippen LogP contribution < -0.4 is 0 Å². The van der Waals surface area contributed by atoms with Crippen LogP contribution in [0.1, 0.15) is 33.1 Å². The van der Waals surface area contributed by atoms with Crippen molar-refractivity contribution in [3.8, 4) is 0 Å². The molecule has 122 valence electrons. The third-order valence-corrected chi connectivity index (χ3v) is 3.84. The molecule has 1 rings (SSSR count). The first kappa shape index (κ1) is 17.6. The number of piperidine rings is 1. The zero-order valence-electron chi connectivity index (χ0n) is 12.2. The molecular weight excluding hydrogens is 289 g/mol. The van der Waals surface area contributed by atoms with Crippen molar-refractivity contribution >= 4 is 12.0 Å². The first-order chi connectivity index (χ1) is 9.69. The number of amides is 2. The molecule has 1 fully saturated rings. The van der Waals surface area contributed by atoms with E-state index in [1.807, 2.05) is 6.92 Å². The number of halogens is 3. The van der Waals surface area contributed by atoms with Crippen LogP contribution in [0.4, 0.5) is 18.0 Å². The van der Waals surface area contributed by atoms with E-state index in [9.17, 15) is 27.9 Å². The van der Waals surface area contributed by atoms with Crippen molar-refractivity contribution in [1.29, 1.82) is 0 Å². The van der Waals surface area contributed by atoms with E-state index in [1.165, 1.54) is 6.92 Å². The first-order valence-electron chi connectivity index (χ1n) is 7.04. The van der Waals surface area contributed by atoms with Gasteiger partial charge in [0.2, 0.25) is 0 Å². The van der Waals surface area contributed by atoms with Crippen LogP contribution in [0.5, 0.6) is 0 Å². The number of carboxylic acids is 1. The maximum absolute atomic E-state index is 12.5. The van der Waals surface area contributed by atoms with Crippen LogP contribution in [-0.4, -0.2) is 58.8 Å². The summed E-state index contributed by atoms with van der Waals surface area (Å²) in [4.78, 5) is 25.2. The van der Waals surface area contributed by atoms with Crippen molar-refractivity contribution in [2.24, 2.45) is 5.92 Å². The van der Waals surface area contributed by atoms with Gasteiger partial charge in [0.1, 0.15) is 12.6 Å². The lowest BCUT2D eigenvalue weighted by Crippen LogP contribution is -2.55. The molecule has 1 aliphatic heterocycles. The van der Waals surface area contributed by atoms with E-state index in [2.05, 4.69) is 0 Å². The molecule has 1 N–H and O–H groups in total. The van der Waals surface area contributed by atoms with Crippen molar-refractivity contribution in [3.05, 3.63) is 0 Å². The maximum Gasteiger partial charge on any atom is 0.406 e. The van der Waals surface area contributed by atoms with E-state index in [1.54, 1.807) is 0 Å².